The highest BCUT2D eigenvalue weighted by atomic mass is 19.1. The lowest BCUT2D eigenvalue weighted by Crippen LogP contribution is -2.08. The van der Waals surface area contributed by atoms with Crippen LogP contribution in [0.5, 0.6) is 0 Å². The van der Waals surface area contributed by atoms with Crippen LogP contribution in [0, 0.1) is 5.82 Å². The first-order valence-electron chi connectivity index (χ1n) is 3.15. The molecule has 0 aliphatic heterocycles. The van der Waals surface area contributed by atoms with E-state index in [4.69, 9.17) is 5.73 Å². The second-order valence-corrected chi connectivity index (χ2v) is 2.06. The van der Waals surface area contributed by atoms with E-state index in [1.54, 1.807) is 0 Å². The molecular formula is C7H7FN2O2. The van der Waals surface area contributed by atoms with Crippen LogP contribution in [0.2, 0.25) is 0 Å². The number of nitrogens with zero attached hydrogens (tertiary/aromatic N) is 1. The summed E-state index contributed by atoms with van der Waals surface area (Å²) in [6, 6.07) is 2.33. The summed E-state index contributed by atoms with van der Waals surface area (Å²) in [5.41, 5.74) is 4.84. The summed E-state index contributed by atoms with van der Waals surface area (Å²) in [4.78, 5) is 14.3. The van der Waals surface area contributed by atoms with E-state index >= 15 is 0 Å². The second kappa shape index (κ2) is 3.17. The van der Waals surface area contributed by atoms with E-state index in [0.29, 0.717) is 0 Å². The molecule has 0 saturated carbocycles. The fraction of sp³-hybridized carbons (Fsp3) is 0.143. The van der Waals surface area contributed by atoms with Crippen molar-refractivity contribution in [2.45, 2.75) is 0 Å². The second-order valence-electron chi connectivity index (χ2n) is 2.06. The third-order valence-corrected chi connectivity index (χ3v) is 1.25. The summed E-state index contributed by atoms with van der Waals surface area (Å²) in [6.07, 6.45) is 0. The molecule has 0 atom stereocenters. The number of nitrogen functional groups attached to an aromatic ring is 1. The highest BCUT2D eigenvalue weighted by molar-refractivity contribution is 5.87. The van der Waals surface area contributed by atoms with Crippen molar-refractivity contribution in [3.8, 4) is 0 Å². The Morgan fingerprint density at radius 2 is 2.33 bits per heavy atom. The van der Waals surface area contributed by atoms with Gasteiger partial charge in [0.15, 0.2) is 11.5 Å². The number of carbonyl (C=O) groups excluding carboxylic acids is 1. The summed E-state index contributed by atoms with van der Waals surface area (Å²) >= 11 is 0. The summed E-state index contributed by atoms with van der Waals surface area (Å²) in [7, 11) is 1.15. The van der Waals surface area contributed by atoms with Gasteiger partial charge in [-0.3, -0.25) is 0 Å². The summed E-state index contributed by atoms with van der Waals surface area (Å²) in [6.45, 7) is 0. The third-order valence-electron chi connectivity index (χ3n) is 1.25. The Morgan fingerprint density at radius 1 is 1.67 bits per heavy atom. The van der Waals surface area contributed by atoms with Crippen molar-refractivity contribution in [1.29, 1.82) is 0 Å². The van der Waals surface area contributed by atoms with Crippen molar-refractivity contribution in [2.24, 2.45) is 0 Å². The van der Waals surface area contributed by atoms with Crippen LogP contribution >= 0.6 is 0 Å². The standard InChI is InChI=1S/C7H7FN2O2/c1-12-7(11)6-4(8)2-3-5(9)10-6/h2-3H,1H3,(H2,9,10). The van der Waals surface area contributed by atoms with Crippen molar-refractivity contribution in [2.75, 3.05) is 12.8 Å². The fourth-order valence-electron chi connectivity index (χ4n) is 0.697. The number of halogens is 1. The molecule has 0 bridgehead atoms. The fourth-order valence-corrected chi connectivity index (χ4v) is 0.697. The SMILES string of the molecule is COC(=O)c1nc(N)ccc1F. The number of methoxy groups -OCH3 is 1. The number of hydrogen-bond acceptors (Lipinski definition) is 4. The number of ether oxygens (including phenoxy) is 1. The molecule has 5 heteroatoms. The van der Waals surface area contributed by atoms with Crippen LogP contribution < -0.4 is 5.73 Å². The highest BCUT2D eigenvalue weighted by Crippen LogP contribution is 2.07. The molecule has 4 nitrogen and oxygen atoms in total. The summed E-state index contributed by atoms with van der Waals surface area (Å²) in [5, 5.41) is 0. The molecule has 64 valence electrons. The molecule has 0 radical (unpaired) electrons. The molecule has 0 aliphatic carbocycles. The molecule has 0 unspecified atom stereocenters. The monoisotopic (exact) mass is 170 g/mol. The minimum Gasteiger partial charge on any atom is -0.464 e. The number of pyridine rings is 1. The molecule has 1 aromatic rings. The number of rotatable bonds is 1. The van der Waals surface area contributed by atoms with Gasteiger partial charge >= 0.3 is 5.97 Å². The van der Waals surface area contributed by atoms with Crippen molar-refractivity contribution in [3.63, 3.8) is 0 Å². The molecule has 1 heterocycles. The number of aromatic nitrogens is 1. The lowest BCUT2D eigenvalue weighted by Gasteiger charge is -1.99. The third kappa shape index (κ3) is 1.50. The van der Waals surface area contributed by atoms with Crippen molar-refractivity contribution >= 4 is 11.8 Å². The largest absolute Gasteiger partial charge is 0.464 e. The first-order chi connectivity index (χ1) is 5.65. The smallest absolute Gasteiger partial charge is 0.359 e. The Morgan fingerprint density at radius 3 is 2.92 bits per heavy atom. The Hall–Kier alpha value is -1.65. The molecule has 0 aromatic carbocycles. The van der Waals surface area contributed by atoms with Crippen LogP contribution in [0.3, 0.4) is 0 Å². The highest BCUT2D eigenvalue weighted by Gasteiger charge is 2.13. The molecular weight excluding hydrogens is 163 g/mol. The maximum absolute atomic E-state index is 12.8. The number of hydrogen-bond donors (Lipinski definition) is 1. The lowest BCUT2D eigenvalue weighted by molar-refractivity contribution is 0.0588. The van der Waals surface area contributed by atoms with E-state index in [9.17, 15) is 9.18 Å². The predicted molar refractivity (Wildman–Crippen MR) is 39.9 cm³/mol. The van der Waals surface area contributed by atoms with Crippen LogP contribution in [0.15, 0.2) is 12.1 Å². The van der Waals surface area contributed by atoms with Gasteiger partial charge in [0.05, 0.1) is 7.11 Å². The Kier molecular flexibility index (Phi) is 2.23. The minimum atomic E-state index is -0.834. The van der Waals surface area contributed by atoms with Gasteiger partial charge in [-0.2, -0.15) is 0 Å². The van der Waals surface area contributed by atoms with Gasteiger partial charge in [0.25, 0.3) is 0 Å². The molecule has 0 saturated heterocycles. The summed E-state index contributed by atoms with van der Waals surface area (Å²) in [5.74, 6) is -1.49. The molecule has 12 heavy (non-hydrogen) atoms. The maximum atomic E-state index is 12.8. The van der Waals surface area contributed by atoms with E-state index in [-0.39, 0.29) is 5.82 Å². The van der Waals surface area contributed by atoms with Crippen LogP contribution in [0.25, 0.3) is 0 Å². The van der Waals surface area contributed by atoms with E-state index in [0.717, 1.165) is 13.2 Å². The van der Waals surface area contributed by atoms with E-state index in [1.165, 1.54) is 6.07 Å². The van der Waals surface area contributed by atoms with E-state index < -0.39 is 17.5 Å². The van der Waals surface area contributed by atoms with Gasteiger partial charge < -0.3 is 10.5 Å². The molecule has 1 rings (SSSR count). The molecule has 0 aliphatic rings. The molecule has 1 aromatic heterocycles. The van der Waals surface area contributed by atoms with Gasteiger partial charge in [-0.15, -0.1) is 0 Å². The Balaban J connectivity index is 3.13. The first kappa shape index (κ1) is 8.45. The van der Waals surface area contributed by atoms with E-state index in [1.807, 2.05) is 0 Å². The molecule has 0 spiro atoms. The normalized spacial score (nSPS) is 9.50. The quantitative estimate of drug-likeness (QED) is 0.626. The number of nitrogens with two attached hydrogens (primary N) is 1. The van der Waals surface area contributed by atoms with Crippen molar-refractivity contribution < 1.29 is 13.9 Å². The molecule has 0 fully saturated rings. The van der Waals surface area contributed by atoms with Gasteiger partial charge in [-0.05, 0) is 12.1 Å². The van der Waals surface area contributed by atoms with Gasteiger partial charge in [-0.1, -0.05) is 0 Å². The van der Waals surface area contributed by atoms with Gasteiger partial charge in [-0.25, -0.2) is 14.2 Å². The lowest BCUT2D eigenvalue weighted by atomic mass is 10.3. The van der Waals surface area contributed by atoms with Crippen LogP contribution in [-0.4, -0.2) is 18.1 Å². The predicted octanol–water partition coefficient (Wildman–Crippen LogP) is 0.590. The van der Waals surface area contributed by atoms with Crippen LogP contribution in [0.1, 0.15) is 10.5 Å². The Bertz CT molecular complexity index is 314. The minimum absolute atomic E-state index is 0.0804. The molecule has 2 N–H and O–H groups in total. The maximum Gasteiger partial charge on any atom is 0.359 e. The zero-order chi connectivity index (χ0) is 9.14. The number of anilines is 1. The average molecular weight is 170 g/mol. The van der Waals surface area contributed by atoms with Gasteiger partial charge in [0.1, 0.15) is 5.82 Å². The zero-order valence-electron chi connectivity index (χ0n) is 6.37. The number of esters is 1. The Labute approximate surface area is 68.2 Å². The van der Waals surface area contributed by atoms with Crippen molar-refractivity contribution in [1.82, 2.24) is 4.98 Å². The summed E-state index contributed by atoms with van der Waals surface area (Å²) < 4.78 is 17.1. The molecule has 0 amide bonds. The topological polar surface area (TPSA) is 65.2 Å². The zero-order valence-corrected chi connectivity index (χ0v) is 6.37. The van der Waals surface area contributed by atoms with Crippen LogP contribution in [0.4, 0.5) is 10.2 Å². The van der Waals surface area contributed by atoms with E-state index in [2.05, 4.69) is 9.72 Å². The van der Waals surface area contributed by atoms with Crippen LogP contribution in [-0.2, 0) is 4.74 Å². The first-order valence-corrected chi connectivity index (χ1v) is 3.15. The van der Waals surface area contributed by atoms with Crippen molar-refractivity contribution in [3.05, 3.63) is 23.6 Å². The van der Waals surface area contributed by atoms with Gasteiger partial charge in [0.2, 0.25) is 0 Å². The number of carbonyl (C=O) groups is 1. The van der Waals surface area contributed by atoms with Gasteiger partial charge in [0, 0.05) is 0 Å². The average Bonchev–Trinajstić information content (AvgIpc) is 2.08.